The van der Waals surface area contributed by atoms with E-state index in [1.165, 1.54) is 0 Å². The highest BCUT2D eigenvalue weighted by Crippen LogP contribution is 2.28. The Hall–Kier alpha value is -2.25. The number of hydrogen-bond donors (Lipinski definition) is 1. The van der Waals surface area contributed by atoms with Crippen molar-refractivity contribution in [3.05, 3.63) is 63.2 Å². The lowest BCUT2D eigenvalue weighted by Crippen LogP contribution is -2.11. The summed E-state index contributed by atoms with van der Waals surface area (Å²) in [7, 11) is 1.81. The lowest BCUT2D eigenvalue weighted by Gasteiger charge is -2.06. The molecule has 130 valence electrons. The number of aryl methyl sites for hydroxylation is 1. The molecule has 0 aliphatic heterocycles. The van der Waals surface area contributed by atoms with Crippen LogP contribution in [-0.2, 0) is 13.7 Å². The van der Waals surface area contributed by atoms with Crippen LogP contribution in [0.3, 0.4) is 0 Å². The smallest absolute Gasteiger partial charge is 0.291 e. The van der Waals surface area contributed by atoms with E-state index in [1.54, 1.807) is 42.2 Å². The molecule has 0 aliphatic carbocycles. The number of furan rings is 1. The van der Waals surface area contributed by atoms with Crippen LogP contribution in [0.15, 0.2) is 45.4 Å². The first kappa shape index (κ1) is 17.6. The van der Waals surface area contributed by atoms with Crippen LogP contribution in [0.4, 0.5) is 5.69 Å². The molecule has 0 aliphatic rings. The van der Waals surface area contributed by atoms with Gasteiger partial charge >= 0.3 is 0 Å². The number of ether oxygens (including phenoxy) is 1. The summed E-state index contributed by atoms with van der Waals surface area (Å²) in [5.74, 6) is 0.915. The van der Waals surface area contributed by atoms with E-state index < -0.39 is 0 Å². The van der Waals surface area contributed by atoms with Gasteiger partial charge < -0.3 is 14.5 Å². The minimum absolute atomic E-state index is 0.167. The number of amides is 1. The number of halogens is 2. The Balaban J connectivity index is 1.63. The van der Waals surface area contributed by atoms with E-state index in [4.69, 9.17) is 20.8 Å². The second kappa shape index (κ2) is 7.33. The Morgan fingerprint density at radius 3 is 2.88 bits per heavy atom. The quantitative estimate of drug-likeness (QED) is 0.651. The summed E-state index contributed by atoms with van der Waals surface area (Å²) in [4.78, 5) is 12.2. The van der Waals surface area contributed by atoms with Crippen molar-refractivity contribution in [2.75, 3.05) is 5.32 Å². The normalized spacial score (nSPS) is 10.7. The van der Waals surface area contributed by atoms with Gasteiger partial charge in [0.25, 0.3) is 5.91 Å². The second-order valence-corrected chi connectivity index (χ2v) is 6.67. The lowest BCUT2D eigenvalue weighted by atomic mass is 10.3. The van der Waals surface area contributed by atoms with Crippen LogP contribution in [0, 0.1) is 6.92 Å². The molecule has 1 N–H and O–H groups in total. The summed E-state index contributed by atoms with van der Waals surface area (Å²) in [6, 6.07) is 8.63. The van der Waals surface area contributed by atoms with E-state index in [9.17, 15) is 4.79 Å². The minimum atomic E-state index is -0.343. The fourth-order valence-electron chi connectivity index (χ4n) is 2.12. The fourth-order valence-corrected chi connectivity index (χ4v) is 2.85. The van der Waals surface area contributed by atoms with Crippen LogP contribution in [0.2, 0.25) is 5.02 Å². The van der Waals surface area contributed by atoms with E-state index in [2.05, 4.69) is 26.3 Å². The molecule has 0 atom stereocenters. The van der Waals surface area contributed by atoms with Crippen molar-refractivity contribution in [2.45, 2.75) is 13.5 Å². The number of nitrogens with zero attached hydrogens (tertiary/aromatic N) is 2. The number of aromatic nitrogens is 2. The van der Waals surface area contributed by atoms with Gasteiger partial charge in [0, 0.05) is 11.5 Å². The first-order valence-corrected chi connectivity index (χ1v) is 8.57. The molecule has 3 aromatic rings. The predicted molar refractivity (Wildman–Crippen MR) is 98.1 cm³/mol. The number of rotatable bonds is 5. The molecule has 2 heterocycles. The highest BCUT2D eigenvalue weighted by molar-refractivity contribution is 9.10. The zero-order valence-corrected chi connectivity index (χ0v) is 15.9. The van der Waals surface area contributed by atoms with Crippen molar-refractivity contribution in [1.82, 2.24) is 9.78 Å². The fraction of sp³-hybridized carbons (Fsp3) is 0.176. The summed E-state index contributed by atoms with van der Waals surface area (Å²) < 4.78 is 13.7. The van der Waals surface area contributed by atoms with Crippen molar-refractivity contribution < 1.29 is 13.9 Å². The van der Waals surface area contributed by atoms with Gasteiger partial charge in [-0.3, -0.25) is 9.48 Å². The Morgan fingerprint density at radius 1 is 1.40 bits per heavy atom. The Labute approximate surface area is 157 Å². The second-order valence-electron chi connectivity index (χ2n) is 5.35. The zero-order chi connectivity index (χ0) is 18.0. The van der Waals surface area contributed by atoms with Gasteiger partial charge in [-0.15, -0.1) is 0 Å². The SMILES string of the molecule is Cc1c(NC(=O)c2ccc(COc3ccc(Br)cc3Cl)o2)cnn1C. The van der Waals surface area contributed by atoms with Gasteiger partial charge in [0.1, 0.15) is 18.1 Å². The third-order valence-electron chi connectivity index (χ3n) is 3.63. The number of nitrogens with one attached hydrogen (secondary N) is 1. The minimum Gasteiger partial charge on any atom is -0.484 e. The Kier molecular flexibility index (Phi) is 5.15. The molecular weight excluding hydrogens is 410 g/mol. The van der Waals surface area contributed by atoms with Gasteiger partial charge in [-0.2, -0.15) is 5.10 Å². The molecule has 0 unspecified atom stereocenters. The molecule has 2 aromatic heterocycles. The summed E-state index contributed by atoms with van der Waals surface area (Å²) in [5, 5.41) is 7.34. The average Bonchev–Trinajstić information content (AvgIpc) is 3.16. The molecule has 25 heavy (non-hydrogen) atoms. The predicted octanol–water partition coefficient (Wildman–Crippen LogP) is 4.57. The molecule has 1 amide bonds. The van der Waals surface area contributed by atoms with Crippen molar-refractivity contribution in [2.24, 2.45) is 7.05 Å². The summed E-state index contributed by atoms with van der Waals surface area (Å²) >= 11 is 9.44. The summed E-state index contributed by atoms with van der Waals surface area (Å²) in [6.07, 6.45) is 1.59. The van der Waals surface area contributed by atoms with Crippen LogP contribution >= 0.6 is 27.5 Å². The third-order valence-corrected chi connectivity index (χ3v) is 4.42. The van der Waals surface area contributed by atoms with Crippen molar-refractivity contribution in [3.63, 3.8) is 0 Å². The Morgan fingerprint density at radius 2 is 2.20 bits per heavy atom. The molecule has 0 fully saturated rings. The Bertz CT molecular complexity index is 920. The summed E-state index contributed by atoms with van der Waals surface area (Å²) in [5.41, 5.74) is 1.50. The molecule has 1 aromatic carbocycles. The van der Waals surface area contributed by atoms with Gasteiger partial charge in [0.05, 0.1) is 22.6 Å². The molecule has 0 radical (unpaired) electrons. The van der Waals surface area contributed by atoms with E-state index in [0.717, 1.165) is 10.2 Å². The van der Waals surface area contributed by atoms with Crippen molar-refractivity contribution >= 4 is 39.1 Å². The number of hydrogen-bond acceptors (Lipinski definition) is 4. The van der Waals surface area contributed by atoms with Crippen LogP contribution in [0.5, 0.6) is 5.75 Å². The summed E-state index contributed by atoms with van der Waals surface area (Å²) in [6.45, 7) is 2.03. The topological polar surface area (TPSA) is 69.3 Å². The monoisotopic (exact) mass is 423 g/mol. The van der Waals surface area contributed by atoms with E-state index >= 15 is 0 Å². The molecule has 0 saturated carbocycles. The number of anilines is 1. The lowest BCUT2D eigenvalue weighted by molar-refractivity contribution is 0.0992. The first-order chi connectivity index (χ1) is 11.9. The van der Waals surface area contributed by atoms with Crippen molar-refractivity contribution in [1.29, 1.82) is 0 Å². The van der Waals surface area contributed by atoms with E-state index in [1.807, 2.05) is 13.0 Å². The highest BCUT2D eigenvalue weighted by Gasteiger charge is 2.14. The zero-order valence-electron chi connectivity index (χ0n) is 13.5. The molecule has 6 nitrogen and oxygen atoms in total. The largest absolute Gasteiger partial charge is 0.484 e. The maximum Gasteiger partial charge on any atom is 0.291 e. The van der Waals surface area contributed by atoms with Gasteiger partial charge in [0.2, 0.25) is 0 Å². The van der Waals surface area contributed by atoms with Gasteiger partial charge in [-0.05, 0) is 37.3 Å². The number of benzene rings is 1. The maximum atomic E-state index is 12.2. The van der Waals surface area contributed by atoms with Gasteiger partial charge in [-0.25, -0.2) is 0 Å². The molecule has 0 bridgehead atoms. The molecular formula is C17H15BrClN3O3. The van der Waals surface area contributed by atoms with E-state index in [0.29, 0.717) is 22.2 Å². The average molecular weight is 425 g/mol. The van der Waals surface area contributed by atoms with Crippen LogP contribution in [-0.4, -0.2) is 15.7 Å². The number of carbonyl (C=O) groups excluding carboxylic acids is 1. The number of carbonyl (C=O) groups is 1. The standard InChI is InChI=1S/C17H15BrClN3O3/c1-10-14(8-20-22(10)2)21-17(23)16-6-4-12(25-16)9-24-15-5-3-11(18)7-13(15)19/h3-8H,9H2,1-2H3,(H,21,23). The molecule has 0 saturated heterocycles. The first-order valence-electron chi connectivity index (χ1n) is 7.40. The van der Waals surface area contributed by atoms with Crippen molar-refractivity contribution in [3.8, 4) is 5.75 Å². The van der Waals surface area contributed by atoms with Crippen LogP contribution in [0.1, 0.15) is 22.0 Å². The van der Waals surface area contributed by atoms with Gasteiger partial charge in [0.15, 0.2) is 5.76 Å². The molecule has 8 heteroatoms. The van der Waals surface area contributed by atoms with E-state index in [-0.39, 0.29) is 18.3 Å². The van der Waals surface area contributed by atoms with Gasteiger partial charge in [-0.1, -0.05) is 27.5 Å². The van der Waals surface area contributed by atoms with Crippen LogP contribution in [0.25, 0.3) is 0 Å². The third kappa shape index (κ3) is 4.05. The van der Waals surface area contributed by atoms with Crippen LogP contribution < -0.4 is 10.1 Å². The molecule has 0 spiro atoms. The highest BCUT2D eigenvalue weighted by atomic mass is 79.9. The maximum absolute atomic E-state index is 12.2. The molecule has 3 rings (SSSR count).